The van der Waals surface area contributed by atoms with Crippen molar-refractivity contribution < 1.29 is 9.63 Å². The minimum Gasteiger partial charge on any atom is -0.391 e. The maximum absolute atomic E-state index is 9.88. The normalized spacial score (nSPS) is 22.6. The molecular weight excluding hydrogens is 294 g/mol. The molecule has 1 fully saturated rings. The Labute approximate surface area is 123 Å². The SMILES string of the molecule is OC1CSCC1c1nc(-c2cnc3ccsc3c2)no1. The van der Waals surface area contributed by atoms with E-state index in [0.717, 1.165) is 27.3 Å². The molecule has 1 aliphatic heterocycles. The number of aliphatic hydroxyl groups excluding tert-OH is 1. The number of fused-ring (bicyclic) bond motifs is 1. The number of nitrogens with zero attached hydrogens (tertiary/aromatic N) is 3. The highest BCUT2D eigenvalue weighted by Gasteiger charge is 2.32. The second-order valence-electron chi connectivity index (χ2n) is 4.70. The second-order valence-corrected chi connectivity index (χ2v) is 6.72. The fourth-order valence-corrected chi connectivity index (χ4v) is 4.26. The van der Waals surface area contributed by atoms with Gasteiger partial charge >= 0.3 is 0 Å². The molecule has 20 heavy (non-hydrogen) atoms. The summed E-state index contributed by atoms with van der Waals surface area (Å²) in [5, 5.41) is 15.9. The maximum Gasteiger partial charge on any atom is 0.233 e. The molecule has 1 N–H and O–H groups in total. The Morgan fingerprint density at radius 1 is 1.35 bits per heavy atom. The minimum absolute atomic E-state index is 0.0559. The lowest BCUT2D eigenvalue weighted by Crippen LogP contribution is -2.15. The number of aliphatic hydroxyl groups is 1. The number of pyridine rings is 1. The van der Waals surface area contributed by atoms with Crippen molar-refractivity contribution in [1.82, 2.24) is 15.1 Å². The summed E-state index contributed by atoms with van der Waals surface area (Å²) < 4.78 is 6.41. The van der Waals surface area contributed by atoms with E-state index in [-0.39, 0.29) is 5.92 Å². The molecule has 0 aliphatic carbocycles. The minimum atomic E-state index is -0.397. The Balaban J connectivity index is 1.70. The average molecular weight is 305 g/mol. The number of aromatic nitrogens is 3. The molecule has 5 nitrogen and oxygen atoms in total. The van der Waals surface area contributed by atoms with Gasteiger partial charge < -0.3 is 9.63 Å². The number of hydrogen-bond acceptors (Lipinski definition) is 7. The summed E-state index contributed by atoms with van der Waals surface area (Å²) in [5.41, 5.74) is 1.82. The van der Waals surface area contributed by atoms with Crippen molar-refractivity contribution in [3.63, 3.8) is 0 Å². The van der Waals surface area contributed by atoms with Crippen LogP contribution in [0, 0.1) is 0 Å². The zero-order chi connectivity index (χ0) is 13.5. The third kappa shape index (κ3) is 2.02. The highest BCUT2D eigenvalue weighted by Crippen LogP contribution is 2.33. The molecule has 102 valence electrons. The lowest BCUT2D eigenvalue weighted by molar-refractivity contribution is 0.164. The molecule has 3 aromatic heterocycles. The van der Waals surface area contributed by atoms with E-state index in [4.69, 9.17) is 4.52 Å². The van der Waals surface area contributed by atoms with Crippen molar-refractivity contribution in [2.45, 2.75) is 12.0 Å². The molecule has 0 amide bonds. The summed E-state index contributed by atoms with van der Waals surface area (Å²) >= 11 is 3.34. The van der Waals surface area contributed by atoms with Crippen molar-refractivity contribution in [2.24, 2.45) is 0 Å². The van der Waals surface area contributed by atoms with Crippen LogP contribution in [0.15, 0.2) is 28.2 Å². The molecule has 2 atom stereocenters. The first kappa shape index (κ1) is 12.3. The molecule has 0 radical (unpaired) electrons. The van der Waals surface area contributed by atoms with Gasteiger partial charge in [0.05, 0.1) is 22.2 Å². The summed E-state index contributed by atoms with van der Waals surface area (Å²) in [4.78, 5) is 8.79. The van der Waals surface area contributed by atoms with Crippen LogP contribution in [0.1, 0.15) is 11.8 Å². The van der Waals surface area contributed by atoms with Gasteiger partial charge in [-0.3, -0.25) is 4.98 Å². The standard InChI is InChI=1S/C13H11N3O2S2/c17-10-6-19-5-8(10)13-15-12(16-18-13)7-3-11-9(14-4-7)1-2-20-11/h1-4,8,10,17H,5-6H2. The molecule has 1 aliphatic rings. The Kier molecular flexibility index (Phi) is 2.98. The van der Waals surface area contributed by atoms with E-state index >= 15 is 0 Å². The largest absolute Gasteiger partial charge is 0.391 e. The van der Waals surface area contributed by atoms with Gasteiger partial charge in [-0.2, -0.15) is 16.7 Å². The van der Waals surface area contributed by atoms with Crippen molar-refractivity contribution in [2.75, 3.05) is 11.5 Å². The van der Waals surface area contributed by atoms with Crippen LogP contribution in [0.3, 0.4) is 0 Å². The van der Waals surface area contributed by atoms with Gasteiger partial charge in [0, 0.05) is 23.3 Å². The molecule has 7 heteroatoms. The van der Waals surface area contributed by atoms with Crippen LogP contribution in [-0.4, -0.2) is 37.8 Å². The van der Waals surface area contributed by atoms with Crippen LogP contribution in [0.4, 0.5) is 0 Å². The molecule has 0 saturated carbocycles. The zero-order valence-corrected chi connectivity index (χ0v) is 12.0. The van der Waals surface area contributed by atoms with E-state index in [1.807, 2.05) is 17.5 Å². The highest BCUT2D eigenvalue weighted by atomic mass is 32.2. The predicted octanol–water partition coefficient (Wildman–Crippen LogP) is 2.54. The molecule has 1 saturated heterocycles. The number of rotatable bonds is 2. The van der Waals surface area contributed by atoms with E-state index in [0.29, 0.717) is 11.7 Å². The number of hydrogen-bond donors (Lipinski definition) is 1. The summed E-state index contributed by atoms with van der Waals surface area (Å²) in [6, 6.07) is 4.00. The molecular formula is C13H11N3O2S2. The zero-order valence-electron chi connectivity index (χ0n) is 10.4. The molecule has 0 bridgehead atoms. The van der Waals surface area contributed by atoms with E-state index in [1.165, 1.54) is 0 Å². The van der Waals surface area contributed by atoms with E-state index < -0.39 is 6.10 Å². The van der Waals surface area contributed by atoms with Crippen LogP contribution in [-0.2, 0) is 0 Å². The van der Waals surface area contributed by atoms with Crippen LogP contribution >= 0.6 is 23.1 Å². The topological polar surface area (TPSA) is 72.0 Å². The van der Waals surface area contributed by atoms with Gasteiger partial charge in [-0.25, -0.2) is 0 Å². The Hall–Kier alpha value is -1.44. The first-order valence-corrected chi connectivity index (χ1v) is 8.28. The van der Waals surface area contributed by atoms with Crippen LogP contribution in [0.2, 0.25) is 0 Å². The molecule has 4 heterocycles. The lowest BCUT2D eigenvalue weighted by atomic mass is 10.1. The van der Waals surface area contributed by atoms with Gasteiger partial charge in [0.1, 0.15) is 0 Å². The van der Waals surface area contributed by atoms with Crippen molar-refractivity contribution in [3.8, 4) is 11.4 Å². The van der Waals surface area contributed by atoms with Gasteiger partial charge in [0.15, 0.2) is 0 Å². The van der Waals surface area contributed by atoms with Gasteiger partial charge in [-0.1, -0.05) is 5.16 Å². The molecule has 0 aromatic carbocycles. The fourth-order valence-electron chi connectivity index (χ4n) is 2.25. The monoisotopic (exact) mass is 305 g/mol. The van der Waals surface area contributed by atoms with Gasteiger partial charge in [-0.05, 0) is 17.5 Å². The van der Waals surface area contributed by atoms with Crippen molar-refractivity contribution >= 4 is 33.3 Å². The fraction of sp³-hybridized carbons (Fsp3) is 0.308. The quantitative estimate of drug-likeness (QED) is 0.784. The number of thiophene rings is 1. The molecule has 4 rings (SSSR count). The third-order valence-electron chi connectivity index (χ3n) is 3.37. The van der Waals surface area contributed by atoms with Gasteiger partial charge in [0.25, 0.3) is 0 Å². The Bertz CT molecular complexity index is 755. The summed E-state index contributed by atoms with van der Waals surface area (Å²) in [6.45, 7) is 0. The predicted molar refractivity (Wildman–Crippen MR) is 79.0 cm³/mol. The summed E-state index contributed by atoms with van der Waals surface area (Å²) in [7, 11) is 0. The summed E-state index contributed by atoms with van der Waals surface area (Å²) in [5.74, 6) is 2.55. The average Bonchev–Trinajstić information content (AvgIpc) is 3.17. The molecule has 3 aromatic rings. The van der Waals surface area contributed by atoms with Gasteiger partial charge in [-0.15, -0.1) is 11.3 Å². The second kappa shape index (κ2) is 4.83. The van der Waals surface area contributed by atoms with Crippen molar-refractivity contribution in [3.05, 3.63) is 29.6 Å². The van der Waals surface area contributed by atoms with Crippen LogP contribution in [0.25, 0.3) is 21.6 Å². The van der Waals surface area contributed by atoms with Crippen LogP contribution < -0.4 is 0 Å². The van der Waals surface area contributed by atoms with Gasteiger partial charge in [0.2, 0.25) is 11.7 Å². The Morgan fingerprint density at radius 2 is 2.30 bits per heavy atom. The maximum atomic E-state index is 9.88. The lowest BCUT2D eigenvalue weighted by Gasteiger charge is -2.06. The van der Waals surface area contributed by atoms with E-state index in [2.05, 4.69) is 15.1 Å². The molecule has 0 spiro atoms. The van der Waals surface area contributed by atoms with E-state index in [1.54, 1.807) is 29.3 Å². The smallest absolute Gasteiger partial charge is 0.233 e. The molecule has 2 unspecified atom stereocenters. The first-order chi connectivity index (χ1) is 9.81. The Morgan fingerprint density at radius 3 is 3.15 bits per heavy atom. The highest BCUT2D eigenvalue weighted by molar-refractivity contribution is 7.99. The summed E-state index contributed by atoms with van der Waals surface area (Å²) in [6.07, 6.45) is 1.36. The van der Waals surface area contributed by atoms with Crippen molar-refractivity contribution in [1.29, 1.82) is 0 Å². The first-order valence-electron chi connectivity index (χ1n) is 6.24. The van der Waals surface area contributed by atoms with Crippen LogP contribution in [0.5, 0.6) is 0 Å². The third-order valence-corrected chi connectivity index (χ3v) is 5.40. The van der Waals surface area contributed by atoms with E-state index in [9.17, 15) is 5.11 Å². The number of thioether (sulfide) groups is 1.